The third-order valence-electron chi connectivity index (χ3n) is 4.09. The highest BCUT2D eigenvalue weighted by atomic mass is 16.3. The number of anilines is 3. The lowest BCUT2D eigenvalue weighted by Crippen LogP contribution is -2.12. The summed E-state index contributed by atoms with van der Waals surface area (Å²) in [6.45, 7) is 3.59. The molecule has 28 heavy (non-hydrogen) atoms. The molecule has 0 fully saturated rings. The van der Waals surface area contributed by atoms with Crippen molar-refractivity contribution in [2.24, 2.45) is 0 Å². The van der Waals surface area contributed by atoms with Gasteiger partial charge in [0.15, 0.2) is 5.82 Å². The van der Waals surface area contributed by atoms with Gasteiger partial charge in [0.1, 0.15) is 23.7 Å². The number of benzene rings is 1. The van der Waals surface area contributed by atoms with E-state index in [9.17, 15) is 4.79 Å². The standard InChI is InChI=1S/C20H18N6O2/c1-13-10-17(14(2)28-13)20(27)25-16-6-4-15(5-7-16)24-18-11-19(22-12-21-18)26-9-3-8-23-26/h3-12H,1-2H3,(H,25,27)(H,21,22,24). The Morgan fingerprint density at radius 2 is 1.86 bits per heavy atom. The Morgan fingerprint density at radius 1 is 1.07 bits per heavy atom. The van der Waals surface area contributed by atoms with E-state index in [-0.39, 0.29) is 5.91 Å². The van der Waals surface area contributed by atoms with Crippen molar-refractivity contribution >= 4 is 23.1 Å². The molecule has 0 spiro atoms. The molecule has 0 atom stereocenters. The number of nitrogens with zero attached hydrogens (tertiary/aromatic N) is 4. The van der Waals surface area contributed by atoms with Crippen molar-refractivity contribution in [3.05, 3.63) is 78.3 Å². The summed E-state index contributed by atoms with van der Waals surface area (Å²) < 4.78 is 7.06. The Hall–Kier alpha value is -3.94. The zero-order valence-corrected chi connectivity index (χ0v) is 15.4. The largest absolute Gasteiger partial charge is 0.466 e. The predicted molar refractivity (Wildman–Crippen MR) is 105 cm³/mol. The first-order valence-electron chi connectivity index (χ1n) is 8.66. The summed E-state index contributed by atoms with van der Waals surface area (Å²) in [4.78, 5) is 20.8. The summed E-state index contributed by atoms with van der Waals surface area (Å²) in [6, 6.07) is 12.7. The number of nitrogens with one attached hydrogen (secondary N) is 2. The van der Waals surface area contributed by atoms with Gasteiger partial charge >= 0.3 is 0 Å². The number of aryl methyl sites for hydroxylation is 2. The van der Waals surface area contributed by atoms with Crippen LogP contribution in [0.2, 0.25) is 0 Å². The van der Waals surface area contributed by atoms with E-state index in [0.717, 1.165) is 5.69 Å². The summed E-state index contributed by atoms with van der Waals surface area (Å²) >= 11 is 0. The number of carbonyl (C=O) groups excluding carboxylic acids is 1. The molecule has 0 radical (unpaired) electrons. The van der Waals surface area contributed by atoms with Crippen molar-refractivity contribution in [3.63, 3.8) is 0 Å². The van der Waals surface area contributed by atoms with Gasteiger partial charge in [-0.15, -0.1) is 0 Å². The van der Waals surface area contributed by atoms with E-state index in [1.807, 2.05) is 43.5 Å². The summed E-state index contributed by atoms with van der Waals surface area (Å²) in [6.07, 6.45) is 4.98. The van der Waals surface area contributed by atoms with Crippen LogP contribution in [-0.4, -0.2) is 25.7 Å². The third-order valence-corrected chi connectivity index (χ3v) is 4.09. The van der Waals surface area contributed by atoms with Gasteiger partial charge in [0.2, 0.25) is 0 Å². The number of rotatable bonds is 5. The lowest BCUT2D eigenvalue weighted by molar-refractivity contribution is 0.102. The Kier molecular flexibility index (Phi) is 4.59. The zero-order chi connectivity index (χ0) is 19.5. The Morgan fingerprint density at radius 3 is 2.54 bits per heavy atom. The zero-order valence-electron chi connectivity index (χ0n) is 15.4. The van der Waals surface area contributed by atoms with E-state index in [2.05, 4.69) is 25.7 Å². The lowest BCUT2D eigenvalue weighted by atomic mass is 10.2. The third kappa shape index (κ3) is 3.75. The summed E-state index contributed by atoms with van der Waals surface area (Å²) in [5.74, 6) is 2.42. The van der Waals surface area contributed by atoms with Crippen LogP contribution in [0.25, 0.3) is 5.82 Å². The first-order chi connectivity index (χ1) is 13.6. The highest BCUT2D eigenvalue weighted by Gasteiger charge is 2.13. The molecule has 0 aliphatic carbocycles. The van der Waals surface area contributed by atoms with Crippen LogP contribution in [0.1, 0.15) is 21.9 Å². The van der Waals surface area contributed by atoms with E-state index >= 15 is 0 Å². The minimum Gasteiger partial charge on any atom is -0.466 e. The van der Waals surface area contributed by atoms with E-state index in [1.165, 1.54) is 6.33 Å². The van der Waals surface area contributed by atoms with E-state index in [0.29, 0.717) is 34.4 Å². The maximum atomic E-state index is 12.4. The topological polar surface area (TPSA) is 97.9 Å². The monoisotopic (exact) mass is 374 g/mol. The summed E-state index contributed by atoms with van der Waals surface area (Å²) in [5, 5.41) is 10.2. The number of carbonyl (C=O) groups is 1. The molecule has 0 aliphatic heterocycles. The minimum absolute atomic E-state index is 0.199. The number of furan rings is 1. The Labute approximate surface area is 161 Å². The average Bonchev–Trinajstić information content (AvgIpc) is 3.33. The summed E-state index contributed by atoms with van der Waals surface area (Å²) in [7, 11) is 0. The fourth-order valence-corrected chi connectivity index (χ4v) is 2.78. The summed E-state index contributed by atoms with van der Waals surface area (Å²) in [5.41, 5.74) is 2.05. The molecule has 3 heterocycles. The highest BCUT2D eigenvalue weighted by Crippen LogP contribution is 2.20. The van der Waals surface area contributed by atoms with Crippen LogP contribution >= 0.6 is 0 Å². The molecular weight excluding hydrogens is 356 g/mol. The van der Waals surface area contributed by atoms with Crippen LogP contribution in [0.4, 0.5) is 17.2 Å². The normalized spacial score (nSPS) is 10.6. The second kappa shape index (κ2) is 7.36. The van der Waals surface area contributed by atoms with Gasteiger partial charge in [-0.1, -0.05) is 0 Å². The molecular formula is C20H18N6O2. The van der Waals surface area contributed by atoms with E-state index in [4.69, 9.17) is 4.42 Å². The van der Waals surface area contributed by atoms with Crippen LogP contribution in [-0.2, 0) is 0 Å². The first kappa shape index (κ1) is 17.5. The van der Waals surface area contributed by atoms with E-state index < -0.39 is 0 Å². The van der Waals surface area contributed by atoms with E-state index in [1.54, 1.807) is 29.9 Å². The number of hydrogen-bond acceptors (Lipinski definition) is 6. The fraction of sp³-hybridized carbons (Fsp3) is 0.100. The molecule has 1 aromatic carbocycles. The van der Waals surface area contributed by atoms with Crippen LogP contribution in [0.15, 0.2) is 65.6 Å². The number of aromatic nitrogens is 4. The Balaban J connectivity index is 1.44. The average molecular weight is 374 g/mol. The second-order valence-electron chi connectivity index (χ2n) is 6.20. The van der Waals surface area contributed by atoms with Crippen molar-refractivity contribution in [3.8, 4) is 5.82 Å². The van der Waals surface area contributed by atoms with Crippen molar-refractivity contribution < 1.29 is 9.21 Å². The number of amides is 1. The van der Waals surface area contributed by atoms with Crippen molar-refractivity contribution in [2.75, 3.05) is 10.6 Å². The minimum atomic E-state index is -0.199. The van der Waals surface area contributed by atoms with Gasteiger partial charge in [-0.2, -0.15) is 5.10 Å². The highest BCUT2D eigenvalue weighted by molar-refractivity contribution is 6.05. The maximum Gasteiger partial charge on any atom is 0.259 e. The Bertz CT molecular complexity index is 1100. The van der Waals surface area contributed by atoms with Crippen LogP contribution < -0.4 is 10.6 Å². The van der Waals surface area contributed by atoms with Crippen LogP contribution in [0, 0.1) is 13.8 Å². The van der Waals surface area contributed by atoms with Gasteiger partial charge < -0.3 is 15.1 Å². The van der Waals surface area contributed by atoms with Gasteiger partial charge in [-0.05, 0) is 50.2 Å². The lowest BCUT2D eigenvalue weighted by Gasteiger charge is -2.09. The molecule has 8 heteroatoms. The molecule has 0 bridgehead atoms. The van der Waals surface area contributed by atoms with Gasteiger partial charge in [0, 0.05) is 29.8 Å². The molecule has 0 saturated heterocycles. The molecule has 1 amide bonds. The van der Waals surface area contributed by atoms with Crippen LogP contribution in [0.5, 0.6) is 0 Å². The molecule has 0 aliphatic rings. The first-order valence-corrected chi connectivity index (χ1v) is 8.66. The van der Waals surface area contributed by atoms with Gasteiger partial charge in [-0.3, -0.25) is 4.79 Å². The smallest absolute Gasteiger partial charge is 0.259 e. The SMILES string of the molecule is Cc1cc(C(=O)Nc2ccc(Nc3cc(-n4cccn4)ncn3)cc2)c(C)o1. The molecule has 0 saturated carbocycles. The maximum absolute atomic E-state index is 12.4. The van der Waals surface area contributed by atoms with Crippen molar-refractivity contribution in [2.45, 2.75) is 13.8 Å². The van der Waals surface area contributed by atoms with Gasteiger partial charge in [0.05, 0.1) is 5.56 Å². The van der Waals surface area contributed by atoms with Gasteiger partial charge in [0.25, 0.3) is 5.91 Å². The number of hydrogen-bond donors (Lipinski definition) is 2. The molecule has 140 valence electrons. The fourth-order valence-electron chi connectivity index (χ4n) is 2.78. The molecule has 8 nitrogen and oxygen atoms in total. The molecule has 0 unspecified atom stereocenters. The molecule has 4 rings (SSSR count). The molecule has 4 aromatic rings. The van der Waals surface area contributed by atoms with Gasteiger partial charge in [-0.25, -0.2) is 14.6 Å². The molecule has 3 aromatic heterocycles. The van der Waals surface area contributed by atoms with Crippen molar-refractivity contribution in [1.82, 2.24) is 19.7 Å². The predicted octanol–water partition coefficient (Wildman–Crippen LogP) is 3.87. The second-order valence-corrected chi connectivity index (χ2v) is 6.20. The quantitative estimate of drug-likeness (QED) is 0.550. The van der Waals surface area contributed by atoms with Crippen LogP contribution in [0.3, 0.4) is 0 Å². The molecule has 2 N–H and O–H groups in total. The van der Waals surface area contributed by atoms with Crippen molar-refractivity contribution in [1.29, 1.82) is 0 Å².